The van der Waals surface area contributed by atoms with Crippen LogP contribution >= 0.6 is 0 Å². The average molecular weight is 331 g/mol. The van der Waals surface area contributed by atoms with Crippen molar-refractivity contribution in [2.24, 2.45) is 7.05 Å². The number of ether oxygens (including phenoxy) is 1. The predicted octanol–water partition coefficient (Wildman–Crippen LogP) is 2.26. The second-order valence-electron chi connectivity index (χ2n) is 7.26. The van der Waals surface area contributed by atoms with Crippen molar-refractivity contribution in [2.45, 2.75) is 38.8 Å². The minimum absolute atomic E-state index is 0.0701. The molecular weight excluding hydrogens is 306 g/mol. The van der Waals surface area contributed by atoms with E-state index in [9.17, 15) is 4.79 Å². The quantitative estimate of drug-likeness (QED) is 0.881. The number of rotatable bonds is 2. The zero-order valence-corrected chi connectivity index (χ0v) is 14.7. The highest BCUT2D eigenvalue weighted by atomic mass is 16.6. The summed E-state index contributed by atoms with van der Waals surface area (Å²) in [5, 5.41) is 8.22. The van der Waals surface area contributed by atoms with Crippen molar-refractivity contribution in [3.05, 3.63) is 18.2 Å². The van der Waals surface area contributed by atoms with Crippen molar-refractivity contribution in [2.75, 3.05) is 23.7 Å². The summed E-state index contributed by atoms with van der Waals surface area (Å²) in [5.74, 6) is 0.539. The first kappa shape index (κ1) is 16.4. The zero-order chi connectivity index (χ0) is 17.5. The highest BCUT2D eigenvalue weighted by molar-refractivity contribution is 5.98. The summed E-state index contributed by atoms with van der Waals surface area (Å²) in [6.45, 7) is 7.19. The Balaban J connectivity index is 1.74. The number of carbonyl (C=O) groups is 1. The summed E-state index contributed by atoms with van der Waals surface area (Å²) in [6, 6.07) is 6.11. The van der Waals surface area contributed by atoms with Crippen molar-refractivity contribution in [1.82, 2.24) is 15.1 Å². The second-order valence-corrected chi connectivity index (χ2v) is 7.26. The lowest BCUT2D eigenvalue weighted by Crippen LogP contribution is -2.40. The topological polar surface area (TPSA) is 85.4 Å². The van der Waals surface area contributed by atoms with E-state index in [1.165, 1.54) is 0 Å². The van der Waals surface area contributed by atoms with Gasteiger partial charge in [0.05, 0.1) is 17.2 Å². The van der Waals surface area contributed by atoms with Gasteiger partial charge in [0.2, 0.25) is 0 Å². The molecule has 1 aliphatic rings. The van der Waals surface area contributed by atoms with Crippen LogP contribution in [0.2, 0.25) is 0 Å². The number of aryl methyl sites for hydroxylation is 1. The molecule has 3 N–H and O–H groups in total. The van der Waals surface area contributed by atoms with E-state index in [1.807, 2.05) is 44.6 Å². The molecule has 1 amide bonds. The van der Waals surface area contributed by atoms with Crippen LogP contribution in [0.15, 0.2) is 18.2 Å². The van der Waals surface area contributed by atoms with E-state index in [-0.39, 0.29) is 12.1 Å². The van der Waals surface area contributed by atoms with E-state index in [2.05, 4.69) is 21.4 Å². The predicted molar refractivity (Wildman–Crippen MR) is 95.1 cm³/mol. The summed E-state index contributed by atoms with van der Waals surface area (Å²) < 4.78 is 7.15. The molecule has 0 saturated carbocycles. The van der Waals surface area contributed by atoms with Crippen molar-refractivity contribution < 1.29 is 9.53 Å². The Labute approximate surface area is 141 Å². The van der Waals surface area contributed by atoms with Crippen LogP contribution in [-0.2, 0) is 11.8 Å². The normalized spacial score (nSPS) is 18.2. The molecule has 1 aromatic heterocycles. The maximum absolute atomic E-state index is 11.9. The van der Waals surface area contributed by atoms with E-state index < -0.39 is 5.60 Å². The standard InChI is InChI=1S/C17H25N5O2/c1-17(2,3)24-16(23)19-11-8-9-22(10-11)13-7-5-6-12-14(13)21(4)20-15(12)18/h5-7,11H,8-10H2,1-4H3,(H2,18,20)(H,19,23)/t11-/m1/s1. The van der Waals surface area contributed by atoms with E-state index in [0.29, 0.717) is 5.82 Å². The van der Waals surface area contributed by atoms with Gasteiger partial charge in [-0.3, -0.25) is 4.68 Å². The fourth-order valence-corrected chi connectivity index (χ4v) is 3.17. The number of anilines is 2. The Bertz CT molecular complexity index is 762. The van der Waals surface area contributed by atoms with Crippen LogP contribution < -0.4 is 16.0 Å². The minimum Gasteiger partial charge on any atom is -0.444 e. The minimum atomic E-state index is -0.486. The smallest absolute Gasteiger partial charge is 0.407 e. The summed E-state index contributed by atoms with van der Waals surface area (Å²) in [7, 11) is 1.90. The number of nitrogens with two attached hydrogens (primary N) is 1. The van der Waals surface area contributed by atoms with Crippen LogP contribution in [0.25, 0.3) is 10.9 Å². The fourth-order valence-electron chi connectivity index (χ4n) is 3.17. The summed E-state index contributed by atoms with van der Waals surface area (Å²) >= 11 is 0. The van der Waals surface area contributed by atoms with Gasteiger partial charge in [-0.05, 0) is 39.3 Å². The molecule has 1 fully saturated rings. The van der Waals surface area contributed by atoms with Gasteiger partial charge in [0, 0.05) is 25.5 Å². The molecule has 24 heavy (non-hydrogen) atoms. The molecule has 2 aromatic rings. The SMILES string of the molecule is Cn1nc(N)c2cccc(N3CC[C@@H](NC(=O)OC(C)(C)C)C3)c21. The first-order valence-corrected chi connectivity index (χ1v) is 8.20. The van der Waals surface area contributed by atoms with E-state index in [1.54, 1.807) is 0 Å². The van der Waals surface area contributed by atoms with E-state index in [4.69, 9.17) is 10.5 Å². The van der Waals surface area contributed by atoms with Crippen LogP contribution in [-0.4, -0.2) is 40.6 Å². The molecule has 0 unspecified atom stereocenters. The number of nitrogen functional groups attached to an aromatic ring is 1. The number of hydrogen-bond donors (Lipinski definition) is 2. The number of nitrogens with zero attached hydrogens (tertiary/aromatic N) is 3. The highest BCUT2D eigenvalue weighted by Crippen LogP contribution is 2.31. The Morgan fingerprint density at radius 2 is 2.17 bits per heavy atom. The molecule has 3 rings (SSSR count). The van der Waals surface area contributed by atoms with Crippen molar-refractivity contribution in [3.63, 3.8) is 0 Å². The van der Waals surface area contributed by atoms with E-state index >= 15 is 0 Å². The third-order valence-electron chi connectivity index (χ3n) is 4.12. The van der Waals surface area contributed by atoms with E-state index in [0.717, 1.165) is 36.1 Å². The third kappa shape index (κ3) is 3.25. The Kier molecular flexibility index (Phi) is 4.03. The summed E-state index contributed by atoms with van der Waals surface area (Å²) in [6.07, 6.45) is 0.514. The van der Waals surface area contributed by atoms with Gasteiger partial charge >= 0.3 is 6.09 Å². The Hall–Kier alpha value is -2.44. The number of benzene rings is 1. The summed E-state index contributed by atoms with van der Waals surface area (Å²) in [4.78, 5) is 14.2. The monoisotopic (exact) mass is 331 g/mol. The number of carbonyl (C=O) groups excluding carboxylic acids is 1. The molecule has 0 aliphatic carbocycles. The Morgan fingerprint density at radius 3 is 2.88 bits per heavy atom. The van der Waals surface area contributed by atoms with Gasteiger partial charge in [0.25, 0.3) is 0 Å². The van der Waals surface area contributed by atoms with Crippen LogP contribution in [0.1, 0.15) is 27.2 Å². The lowest BCUT2D eigenvalue weighted by atomic mass is 10.2. The first-order valence-electron chi connectivity index (χ1n) is 8.20. The molecule has 1 aromatic carbocycles. The highest BCUT2D eigenvalue weighted by Gasteiger charge is 2.27. The molecule has 2 heterocycles. The lowest BCUT2D eigenvalue weighted by molar-refractivity contribution is 0.0509. The van der Waals surface area contributed by atoms with Gasteiger partial charge in [0.1, 0.15) is 5.60 Å². The van der Waals surface area contributed by atoms with Gasteiger partial charge < -0.3 is 20.7 Å². The van der Waals surface area contributed by atoms with Gasteiger partial charge in [0.15, 0.2) is 5.82 Å². The largest absolute Gasteiger partial charge is 0.444 e. The number of aromatic nitrogens is 2. The number of alkyl carbamates (subject to hydrolysis) is 1. The van der Waals surface area contributed by atoms with Gasteiger partial charge in [-0.25, -0.2) is 4.79 Å². The molecule has 7 heteroatoms. The van der Waals surface area contributed by atoms with Gasteiger partial charge in [-0.15, -0.1) is 0 Å². The molecular formula is C17H25N5O2. The number of fused-ring (bicyclic) bond motifs is 1. The number of hydrogen-bond acceptors (Lipinski definition) is 5. The first-order chi connectivity index (χ1) is 11.2. The molecule has 0 radical (unpaired) electrons. The second kappa shape index (κ2) is 5.89. The molecule has 1 atom stereocenters. The number of para-hydroxylation sites is 1. The summed E-state index contributed by atoms with van der Waals surface area (Å²) in [5.41, 5.74) is 7.60. The van der Waals surface area contributed by atoms with Crippen LogP contribution in [0, 0.1) is 0 Å². The molecule has 130 valence electrons. The third-order valence-corrected chi connectivity index (χ3v) is 4.12. The van der Waals surface area contributed by atoms with Crippen molar-refractivity contribution >= 4 is 28.5 Å². The van der Waals surface area contributed by atoms with Gasteiger partial charge in [-0.2, -0.15) is 5.10 Å². The number of amides is 1. The molecule has 1 saturated heterocycles. The fraction of sp³-hybridized carbons (Fsp3) is 0.529. The average Bonchev–Trinajstić information content (AvgIpc) is 3.02. The Morgan fingerprint density at radius 1 is 1.42 bits per heavy atom. The van der Waals surface area contributed by atoms with Crippen LogP contribution in [0.3, 0.4) is 0 Å². The van der Waals surface area contributed by atoms with Gasteiger partial charge in [-0.1, -0.05) is 6.07 Å². The maximum Gasteiger partial charge on any atom is 0.407 e. The molecule has 1 aliphatic heterocycles. The number of nitrogens with one attached hydrogen (secondary N) is 1. The maximum atomic E-state index is 11.9. The molecule has 0 bridgehead atoms. The lowest BCUT2D eigenvalue weighted by Gasteiger charge is -2.23. The van der Waals surface area contributed by atoms with Crippen LogP contribution in [0.4, 0.5) is 16.3 Å². The van der Waals surface area contributed by atoms with Crippen LogP contribution in [0.5, 0.6) is 0 Å². The van der Waals surface area contributed by atoms with Crippen molar-refractivity contribution in [1.29, 1.82) is 0 Å². The zero-order valence-electron chi connectivity index (χ0n) is 14.7. The molecule has 0 spiro atoms. The van der Waals surface area contributed by atoms with Crippen molar-refractivity contribution in [3.8, 4) is 0 Å². The molecule has 7 nitrogen and oxygen atoms in total.